The van der Waals surface area contributed by atoms with Crippen LogP contribution in [0.4, 0.5) is 11.4 Å². The highest BCUT2D eigenvalue weighted by Gasteiger charge is 2.15. The summed E-state index contributed by atoms with van der Waals surface area (Å²) < 4.78 is 0. The molecule has 2 rings (SSSR count). The van der Waals surface area contributed by atoms with E-state index in [1.807, 2.05) is 42.5 Å². The number of aliphatic imine (C=N–C) groups is 1. The van der Waals surface area contributed by atoms with E-state index in [4.69, 9.17) is 12.2 Å². The second-order valence-electron chi connectivity index (χ2n) is 5.29. The summed E-state index contributed by atoms with van der Waals surface area (Å²) in [4.78, 5) is 15.2. The Hall–Kier alpha value is -3.06. The number of hydrogen-bond donors (Lipinski definition) is 2. The Labute approximate surface area is 142 Å². The van der Waals surface area contributed by atoms with Crippen LogP contribution in [0.3, 0.4) is 0 Å². The summed E-state index contributed by atoms with van der Waals surface area (Å²) in [6.45, 7) is 2.08. The monoisotopic (exact) mass is 319 g/mol. The fourth-order valence-corrected chi connectivity index (χ4v) is 2.73. The number of benzene rings is 2. The molecule has 0 bridgehead atoms. The quantitative estimate of drug-likeness (QED) is 0.355. The van der Waals surface area contributed by atoms with Gasteiger partial charge in [0.05, 0.1) is 12.4 Å². The lowest BCUT2D eigenvalue weighted by atomic mass is 9.95. The van der Waals surface area contributed by atoms with Crippen LogP contribution in [-0.4, -0.2) is 12.6 Å². The van der Waals surface area contributed by atoms with Gasteiger partial charge in [-0.2, -0.15) is 0 Å². The van der Waals surface area contributed by atoms with Crippen molar-refractivity contribution in [2.75, 3.05) is 5.32 Å². The summed E-state index contributed by atoms with van der Waals surface area (Å²) in [7, 11) is 0. The Kier molecular flexibility index (Phi) is 6.16. The van der Waals surface area contributed by atoms with Crippen LogP contribution in [0.25, 0.3) is 0 Å². The van der Waals surface area contributed by atoms with Gasteiger partial charge >= 0.3 is 0 Å². The largest absolute Gasteiger partial charge is 0.390 e. The molecule has 1 atom stereocenters. The van der Waals surface area contributed by atoms with Crippen LogP contribution in [0.15, 0.2) is 47.5 Å². The molecular formula is C20H21N3O. The minimum absolute atomic E-state index is 0.263. The Bertz CT molecular complexity index is 775. The molecule has 3 N–H and O–H groups in total. The van der Waals surface area contributed by atoms with Gasteiger partial charge in [0.15, 0.2) is 0 Å². The van der Waals surface area contributed by atoms with Gasteiger partial charge in [0.1, 0.15) is 6.29 Å². The molecule has 4 nitrogen and oxygen atoms in total. The number of rotatable bonds is 7. The lowest BCUT2D eigenvalue weighted by molar-refractivity contribution is -0.108. The first-order valence-electron chi connectivity index (χ1n) is 7.86. The first kappa shape index (κ1) is 17.3. The fraction of sp³-hybridized carbons (Fsp3) is 0.200. The number of nitrogens with one attached hydrogen (secondary N) is 1. The van der Waals surface area contributed by atoms with Gasteiger partial charge in [-0.05, 0) is 41.8 Å². The maximum absolute atomic E-state index is 11.0. The van der Waals surface area contributed by atoms with Crippen molar-refractivity contribution < 1.29 is 4.79 Å². The van der Waals surface area contributed by atoms with Gasteiger partial charge in [0.2, 0.25) is 0 Å². The number of anilines is 2. The molecule has 0 amide bonds. The lowest BCUT2D eigenvalue weighted by Crippen LogP contribution is -2.06. The Balaban J connectivity index is 2.42. The SMILES string of the molecule is C#Cc1cccc(Nc2cccc(C(CC=O)N=CN)c2CC)c1. The molecule has 0 aliphatic rings. The van der Waals surface area contributed by atoms with Gasteiger partial charge in [-0.15, -0.1) is 6.42 Å². The average Bonchev–Trinajstić information content (AvgIpc) is 2.61. The molecule has 2 aromatic rings. The predicted octanol–water partition coefficient (Wildman–Crippen LogP) is 3.59. The maximum atomic E-state index is 11.0. The third-order valence-corrected chi connectivity index (χ3v) is 3.82. The second-order valence-corrected chi connectivity index (χ2v) is 5.29. The molecule has 0 aliphatic heterocycles. The molecule has 0 aliphatic carbocycles. The molecular weight excluding hydrogens is 298 g/mol. The summed E-state index contributed by atoms with van der Waals surface area (Å²) in [5.41, 5.74) is 10.3. The van der Waals surface area contributed by atoms with E-state index in [2.05, 4.69) is 23.2 Å². The van der Waals surface area contributed by atoms with Crippen molar-refractivity contribution in [2.45, 2.75) is 25.8 Å². The van der Waals surface area contributed by atoms with Crippen LogP contribution < -0.4 is 11.1 Å². The summed E-state index contributed by atoms with van der Waals surface area (Å²) in [5, 5.41) is 3.41. The lowest BCUT2D eigenvalue weighted by Gasteiger charge is -2.19. The van der Waals surface area contributed by atoms with Crippen LogP contribution in [0.1, 0.15) is 36.1 Å². The zero-order valence-electron chi connectivity index (χ0n) is 13.7. The van der Waals surface area contributed by atoms with Crippen molar-refractivity contribution in [3.63, 3.8) is 0 Å². The maximum Gasteiger partial charge on any atom is 0.122 e. The summed E-state index contributed by atoms with van der Waals surface area (Å²) in [6, 6.07) is 13.4. The Morgan fingerprint density at radius 3 is 2.79 bits per heavy atom. The van der Waals surface area contributed by atoms with Gasteiger partial charge < -0.3 is 15.8 Å². The fourth-order valence-electron chi connectivity index (χ4n) is 2.73. The number of carbonyl (C=O) groups is 1. The highest BCUT2D eigenvalue weighted by atomic mass is 16.1. The molecule has 0 saturated heterocycles. The molecule has 0 aromatic heterocycles. The van der Waals surface area contributed by atoms with Gasteiger partial charge in [0, 0.05) is 23.4 Å². The van der Waals surface area contributed by atoms with E-state index in [1.54, 1.807) is 0 Å². The van der Waals surface area contributed by atoms with Gasteiger partial charge in [-0.1, -0.05) is 31.0 Å². The smallest absolute Gasteiger partial charge is 0.122 e. The van der Waals surface area contributed by atoms with Gasteiger partial charge in [-0.3, -0.25) is 4.99 Å². The first-order valence-corrected chi connectivity index (χ1v) is 7.86. The van der Waals surface area contributed by atoms with Crippen LogP contribution in [0.2, 0.25) is 0 Å². The molecule has 122 valence electrons. The van der Waals surface area contributed by atoms with E-state index < -0.39 is 0 Å². The summed E-state index contributed by atoms with van der Waals surface area (Å²) >= 11 is 0. The zero-order chi connectivity index (χ0) is 17.4. The highest BCUT2D eigenvalue weighted by molar-refractivity contribution is 5.67. The standard InChI is InChI=1S/C20H21N3O/c1-3-15-7-5-8-16(13-15)23-20-10-6-9-18(17(20)4-2)19(11-12-24)22-14-21/h1,5-10,12-14,19,23H,4,11H2,2H3,(H2,21,22). The van der Waals surface area contributed by atoms with Crippen molar-refractivity contribution in [2.24, 2.45) is 10.7 Å². The highest BCUT2D eigenvalue weighted by Crippen LogP contribution is 2.31. The first-order chi connectivity index (χ1) is 11.7. The minimum atomic E-state index is -0.263. The van der Waals surface area contributed by atoms with Crippen molar-refractivity contribution in [3.8, 4) is 12.3 Å². The number of carbonyl (C=O) groups excluding carboxylic acids is 1. The Morgan fingerprint density at radius 2 is 2.12 bits per heavy atom. The van der Waals surface area contributed by atoms with E-state index >= 15 is 0 Å². The average molecular weight is 319 g/mol. The number of terminal acetylenes is 1. The molecule has 0 saturated carbocycles. The normalized spacial score (nSPS) is 11.8. The number of nitrogens with two attached hydrogens (primary N) is 1. The number of aldehydes is 1. The van der Waals surface area contributed by atoms with Gasteiger partial charge in [-0.25, -0.2) is 0 Å². The molecule has 2 aromatic carbocycles. The van der Waals surface area contributed by atoms with E-state index in [-0.39, 0.29) is 6.04 Å². The summed E-state index contributed by atoms with van der Waals surface area (Å²) in [6.07, 6.45) is 8.69. The molecule has 0 spiro atoms. The van der Waals surface area contributed by atoms with Crippen molar-refractivity contribution in [1.29, 1.82) is 0 Å². The van der Waals surface area contributed by atoms with Gasteiger partial charge in [0.25, 0.3) is 0 Å². The molecule has 1 unspecified atom stereocenters. The van der Waals surface area contributed by atoms with E-state index in [0.29, 0.717) is 6.42 Å². The topological polar surface area (TPSA) is 67.5 Å². The van der Waals surface area contributed by atoms with Crippen molar-refractivity contribution in [3.05, 3.63) is 59.2 Å². The van der Waals surface area contributed by atoms with Crippen LogP contribution >= 0.6 is 0 Å². The summed E-state index contributed by atoms with van der Waals surface area (Å²) in [5.74, 6) is 2.63. The van der Waals surface area contributed by atoms with Crippen molar-refractivity contribution in [1.82, 2.24) is 0 Å². The van der Waals surface area contributed by atoms with E-state index in [0.717, 1.165) is 40.8 Å². The zero-order valence-corrected chi connectivity index (χ0v) is 13.7. The molecule has 0 radical (unpaired) electrons. The predicted molar refractivity (Wildman–Crippen MR) is 99.6 cm³/mol. The van der Waals surface area contributed by atoms with Crippen LogP contribution in [-0.2, 0) is 11.2 Å². The molecule has 0 heterocycles. The van der Waals surface area contributed by atoms with E-state index in [9.17, 15) is 4.79 Å². The second kappa shape index (κ2) is 8.54. The van der Waals surface area contributed by atoms with Crippen molar-refractivity contribution >= 4 is 24.0 Å². The van der Waals surface area contributed by atoms with Crippen LogP contribution in [0, 0.1) is 12.3 Å². The number of hydrogen-bond acceptors (Lipinski definition) is 3. The molecule has 24 heavy (non-hydrogen) atoms. The van der Waals surface area contributed by atoms with Crippen LogP contribution in [0.5, 0.6) is 0 Å². The van der Waals surface area contributed by atoms with E-state index in [1.165, 1.54) is 6.34 Å². The third-order valence-electron chi connectivity index (χ3n) is 3.82. The molecule has 4 heteroatoms. The molecule has 0 fully saturated rings. The number of nitrogens with zero attached hydrogens (tertiary/aromatic N) is 1. The minimum Gasteiger partial charge on any atom is -0.390 e. The Morgan fingerprint density at radius 1 is 1.33 bits per heavy atom. The third kappa shape index (κ3) is 4.02.